The summed E-state index contributed by atoms with van der Waals surface area (Å²) >= 11 is 6.08. The largest absolute Gasteiger partial charge is 0.476 e. The summed E-state index contributed by atoms with van der Waals surface area (Å²) in [5.74, 6) is 0.860. The summed E-state index contributed by atoms with van der Waals surface area (Å²) in [7, 11) is 0. The first kappa shape index (κ1) is 15.2. The fraction of sp³-hybridized carbons (Fsp3) is 0.692. The van der Waals surface area contributed by atoms with Gasteiger partial charge in [0.25, 0.3) is 0 Å². The number of aromatic nitrogens is 2. The van der Waals surface area contributed by atoms with Gasteiger partial charge in [0.1, 0.15) is 18.1 Å². The van der Waals surface area contributed by atoms with Crippen molar-refractivity contribution in [1.29, 1.82) is 0 Å². The van der Waals surface area contributed by atoms with Gasteiger partial charge in [0.05, 0.1) is 5.56 Å². The van der Waals surface area contributed by atoms with Crippen molar-refractivity contribution in [2.24, 2.45) is 0 Å². The van der Waals surface area contributed by atoms with E-state index < -0.39 is 0 Å². The van der Waals surface area contributed by atoms with Crippen LogP contribution in [0, 0.1) is 0 Å². The lowest BCUT2D eigenvalue weighted by atomic mass is 10.1. The Balaban J connectivity index is 2.64. The Labute approximate surface area is 114 Å². The zero-order chi connectivity index (χ0) is 13.5. The van der Waals surface area contributed by atoms with Gasteiger partial charge in [-0.25, -0.2) is 9.97 Å². The molecule has 0 unspecified atom stereocenters. The molecule has 0 bridgehead atoms. The molecule has 1 rings (SSSR count). The minimum Gasteiger partial charge on any atom is -0.476 e. The van der Waals surface area contributed by atoms with Crippen molar-refractivity contribution in [3.63, 3.8) is 0 Å². The first-order valence-electron chi connectivity index (χ1n) is 6.45. The second-order valence-corrected chi connectivity index (χ2v) is 4.77. The Kier molecular flexibility index (Phi) is 6.36. The van der Waals surface area contributed by atoms with Crippen LogP contribution in [0.2, 0.25) is 5.15 Å². The third-order valence-electron chi connectivity index (χ3n) is 2.92. The molecular weight excluding hydrogens is 250 g/mol. The third-order valence-corrected chi connectivity index (χ3v) is 3.22. The Morgan fingerprint density at radius 2 is 1.94 bits per heavy atom. The van der Waals surface area contributed by atoms with Crippen molar-refractivity contribution in [3.05, 3.63) is 17.0 Å². The number of nitrogens with zero attached hydrogens (tertiary/aromatic N) is 3. The van der Waals surface area contributed by atoms with E-state index >= 15 is 0 Å². The summed E-state index contributed by atoms with van der Waals surface area (Å²) in [6.07, 6.45) is 1.45. The summed E-state index contributed by atoms with van der Waals surface area (Å²) in [6, 6.07) is 0. The van der Waals surface area contributed by atoms with Crippen LogP contribution < -0.4 is 4.74 Å². The van der Waals surface area contributed by atoms with E-state index in [-0.39, 0.29) is 5.92 Å². The molecular formula is C13H22ClN3O. The summed E-state index contributed by atoms with van der Waals surface area (Å²) in [5.41, 5.74) is 0.888. The van der Waals surface area contributed by atoms with Gasteiger partial charge in [-0.2, -0.15) is 0 Å². The molecule has 0 amide bonds. The summed E-state index contributed by atoms with van der Waals surface area (Å²) in [5, 5.41) is 0.484. The van der Waals surface area contributed by atoms with Crippen molar-refractivity contribution in [2.45, 2.75) is 33.6 Å². The number of hydrogen-bond donors (Lipinski definition) is 0. The van der Waals surface area contributed by atoms with Gasteiger partial charge in [-0.1, -0.05) is 39.3 Å². The van der Waals surface area contributed by atoms with Gasteiger partial charge in [0.15, 0.2) is 0 Å². The topological polar surface area (TPSA) is 38.2 Å². The maximum Gasteiger partial charge on any atom is 0.221 e. The van der Waals surface area contributed by atoms with Gasteiger partial charge in [0.2, 0.25) is 5.88 Å². The third kappa shape index (κ3) is 4.10. The smallest absolute Gasteiger partial charge is 0.221 e. The highest BCUT2D eigenvalue weighted by atomic mass is 35.5. The van der Waals surface area contributed by atoms with E-state index in [1.807, 2.05) is 0 Å². The van der Waals surface area contributed by atoms with Crippen molar-refractivity contribution in [1.82, 2.24) is 14.9 Å². The van der Waals surface area contributed by atoms with E-state index in [9.17, 15) is 0 Å². The normalized spacial score (nSPS) is 11.3. The van der Waals surface area contributed by atoms with Crippen LogP contribution in [0.3, 0.4) is 0 Å². The van der Waals surface area contributed by atoms with Crippen molar-refractivity contribution >= 4 is 11.6 Å². The van der Waals surface area contributed by atoms with Gasteiger partial charge in [-0.3, -0.25) is 0 Å². The highest BCUT2D eigenvalue weighted by molar-refractivity contribution is 6.30. The molecule has 0 aliphatic rings. The second-order valence-electron chi connectivity index (χ2n) is 4.41. The predicted octanol–water partition coefficient (Wildman–Crippen LogP) is 2.97. The number of ether oxygens (including phenoxy) is 1. The predicted molar refractivity (Wildman–Crippen MR) is 74.4 cm³/mol. The fourth-order valence-corrected chi connectivity index (χ4v) is 2.11. The van der Waals surface area contributed by atoms with Crippen LogP contribution in [0.1, 0.15) is 39.2 Å². The minimum atomic E-state index is 0.252. The molecule has 1 aromatic heterocycles. The summed E-state index contributed by atoms with van der Waals surface area (Å²) in [6.45, 7) is 12.0. The average Bonchev–Trinajstić information content (AvgIpc) is 2.34. The quantitative estimate of drug-likeness (QED) is 0.715. The molecule has 18 heavy (non-hydrogen) atoms. The standard InChI is InChI=1S/C13H22ClN3O/c1-5-17(6-2)7-8-18-13-11(10(3)4)12(14)15-9-16-13/h9-10H,5-8H2,1-4H3. The first-order valence-corrected chi connectivity index (χ1v) is 6.83. The van der Waals surface area contributed by atoms with Gasteiger partial charge in [-0.15, -0.1) is 0 Å². The first-order chi connectivity index (χ1) is 8.60. The van der Waals surface area contributed by atoms with E-state index in [0.717, 1.165) is 25.2 Å². The molecule has 102 valence electrons. The van der Waals surface area contributed by atoms with Crippen LogP contribution in [-0.2, 0) is 0 Å². The highest BCUT2D eigenvalue weighted by Crippen LogP contribution is 2.29. The Bertz CT molecular complexity index is 367. The van der Waals surface area contributed by atoms with E-state index in [2.05, 4.69) is 42.6 Å². The van der Waals surface area contributed by atoms with Gasteiger partial charge in [-0.05, 0) is 19.0 Å². The summed E-state index contributed by atoms with van der Waals surface area (Å²) in [4.78, 5) is 10.5. The molecule has 0 saturated carbocycles. The number of halogens is 1. The molecule has 0 aliphatic carbocycles. The highest BCUT2D eigenvalue weighted by Gasteiger charge is 2.14. The molecule has 4 nitrogen and oxygen atoms in total. The molecule has 0 aliphatic heterocycles. The fourth-order valence-electron chi connectivity index (χ4n) is 1.77. The van der Waals surface area contributed by atoms with Gasteiger partial charge >= 0.3 is 0 Å². The van der Waals surface area contributed by atoms with Crippen LogP contribution in [0.5, 0.6) is 5.88 Å². The molecule has 0 saturated heterocycles. The number of likely N-dealkylation sites (N-methyl/N-ethyl adjacent to an activating group) is 1. The van der Waals surface area contributed by atoms with Gasteiger partial charge < -0.3 is 9.64 Å². The van der Waals surface area contributed by atoms with Crippen LogP contribution >= 0.6 is 11.6 Å². The van der Waals surface area contributed by atoms with E-state index in [0.29, 0.717) is 17.6 Å². The van der Waals surface area contributed by atoms with Crippen molar-refractivity contribution < 1.29 is 4.74 Å². The molecule has 0 spiro atoms. The molecule has 0 aromatic carbocycles. The SMILES string of the molecule is CCN(CC)CCOc1ncnc(Cl)c1C(C)C. The lowest BCUT2D eigenvalue weighted by Gasteiger charge is -2.19. The lowest BCUT2D eigenvalue weighted by Crippen LogP contribution is -2.28. The lowest BCUT2D eigenvalue weighted by molar-refractivity contribution is 0.216. The average molecular weight is 272 g/mol. The molecule has 0 N–H and O–H groups in total. The van der Waals surface area contributed by atoms with Crippen LogP contribution in [0.15, 0.2) is 6.33 Å². The monoisotopic (exact) mass is 271 g/mol. The molecule has 0 atom stereocenters. The van der Waals surface area contributed by atoms with E-state index in [4.69, 9.17) is 16.3 Å². The molecule has 5 heteroatoms. The number of hydrogen-bond acceptors (Lipinski definition) is 4. The Hall–Kier alpha value is -0.870. The van der Waals surface area contributed by atoms with Gasteiger partial charge in [0, 0.05) is 6.54 Å². The van der Waals surface area contributed by atoms with Crippen LogP contribution in [0.25, 0.3) is 0 Å². The number of rotatable bonds is 7. The molecule has 0 radical (unpaired) electrons. The van der Waals surface area contributed by atoms with Crippen molar-refractivity contribution in [3.8, 4) is 5.88 Å². The molecule has 1 heterocycles. The zero-order valence-electron chi connectivity index (χ0n) is 11.6. The molecule has 1 aromatic rings. The maximum absolute atomic E-state index is 6.08. The van der Waals surface area contributed by atoms with E-state index in [1.165, 1.54) is 6.33 Å². The van der Waals surface area contributed by atoms with Crippen LogP contribution in [0.4, 0.5) is 0 Å². The van der Waals surface area contributed by atoms with E-state index in [1.54, 1.807) is 0 Å². The molecule has 0 fully saturated rings. The Morgan fingerprint density at radius 1 is 1.28 bits per heavy atom. The van der Waals surface area contributed by atoms with Crippen LogP contribution in [-0.4, -0.2) is 41.1 Å². The maximum atomic E-state index is 6.08. The minimum absolute atomic E-state index is 0.252. The second kappa shape index (κ2) is 7.54. The summed E-state index contributed by atoms with van der Waals surface area (Å²) < 4.78 is 5.74. The van der Waals surface area contributed by atoms with Crippen molar-refractivity contribution in [2.75, 3.05) is 26.2 Å². The zero-order valence-corrected chi connectivity index (χ0v) is 12.4. The Morgan fingerprint density at radius 3 is 2.50 bits per heavy atom.